The number of hydrogen-bond acceptors (Lipinski definition) is 5. The van der Waals surface area contributed by atoms with E-state index in [1.807, 2.05) is 24.9 Å². The molecule has 166 valence electrons. The SMILES string of the molecule is CCNC(=NCCc1csc(N2CCCC2)n1)N(C)Cc1ccc(OC)c(F)c1.I. The van der Waals surface area contributed by atoms with Gasteiger partial charge >= 0.3 is 0 Å². The van der Waals surface area contributed by atoms with Crippen molar-refractivity contribution in [1.29, 1.82) is 0 Å². The highest BCUT2D eigenvalue weighted by Crippen LogP contribution is 2.24. The number of thiazole rings is 1. The maximum atomic E-state index is 14.0. The van der Waals surface area contributed by atoms with Crippen molar-refractivity contribution in [3.05, 3.63) is 40.7 Å². The Hall–Kier alpha value is -1.62. The molecule has 1 aromatic carbocycles. The molecule has 0 radical (unpaired) electrons. The monoisotopic (exact) mass is 547 g/mol. The van der Waals surface area contributed by atoms with Crippen molar-refractivity contribution in [1.82, 2.24) is 15.2 Å². The van der Waals surface area contributed by atoms with Crippen molar-refractivity contribution in [3.63, 3.8) is 0 Å². The van der Waals surface area contributed by atoms with Crippen LogP contribution in [0.1, 0.15) is 31.0 Å². The first-order valence-electron chi connectivity index (χ1n) is 10.1. The van der Waals surface area contributed by atoms with E-state index in [1.54, 1.807) is 17.4 Å². The van der Waals surface area contributed by atoms with E-state index >= 15 is 0 Å². The lowest BCUT2D eigenvalue weighted by Crippen LogP contribution is -2.38. The Bertz CT molecular complexity index is 825. The third-order valence-corrected chi connectivity index (χ3v) is 5.83. The number of nitrogens with one attached hydrogen (secondary N) is 1. The van der Waals surface area contributed by atoms with Crippen molar-refractivity contribution in [2.75, 3.05) is 45.2 Å². The van der Waals surface area contributed by atoms with Crippen LogP contribution < -0.4 is 15.0 Å². The third-order valence-electron chi connectivity index (χ3n) is 4.88. The largest absolute Gasteiger partial charge is 0.494 e. The van der Waals surface area contributed by atoms with Gasteiger partial charge in [-0.3, -0.25) is 4.99 Å². The standard InChI is InChI=1S/C21H30FN5OS.HI/c1-4-23-20(26(2)14-16-7-8-19(28-3)18(22)13-16)24-10-9-17-15-29-21(25-17)27-11-5-6-12-27;/h7-8,13,15H,4-6,9-12,14H2,1-3H3,(H,23,24);1H. The molecule has 30 heavy (non-hydrogen) atoms. The van der Waals surface area contributed by atoms with Crippen LogP contribution in [0.15, 0.2) is 28.6 Å². The van der Waals surface area contributed by atoms with Crippen LogP contribution >= 0.6 is 35.3 Å². The second-order valence-electron chi connectivity index (χ2n) is 7.13. The number of hydrogen-bond donors (Lipinski definition) is 1. The van der Waals surface area contributed by atoms with Gasteiger partial charge in [0.15, 0.2) is 22.7 Å². The van der Waals surface area contributed by atoms with Crippen LogP contribution in [-0.4, -0.2) is 56.2 Å². The lowest BCUT2D eigenvalue weighted by molar-refractivity contribution is 0.385. The molecule has 2 aromatic rings. The number of ether oxygens (including phenoxy) is 1. The molecule has 1 aliphatic heterocycles. The molecular weight excluding hydrogens is 516 g/mol. The second-order valence-corrected chi connectivity index (χ2v) is 7.96. The quantitative estimate of drug-likeness (QED) is 0.306. The molecule has 2 heterocycles. The van der Waals surface area contributed by atoms with Gasteiger partial charge in [0.1, 0.15) is 0 Å². The lowest BCUT2D eigenvalue weighted by Gasteiger charge is -2.22. The smallest absolute Gasteiger partial charge is 0.193 e. The van der Waals surface area contributed by atoms with E-state index in [0.29, 0.717) is 13.1 Å². The van der Waals surface area contributed by atoms with Crippen molar-refractivity contribution < 1.29 is 9.13 Å². The molecule has 9 heteroatoms. The normalized spacial score (nSPS) is 13.9. The van der Waals surface area contributed by atoms with E-state index in [1.165, 1.54) is 26.0 Å². The number of guanidine groups is 1. The highest BCUT2D eigenvalue weighted by Gasteiger charge is 2.15. The van der Waals surface area contributed by atoms with E-state index < -0.39 is 0 Å². The zero-order valence-electron chi connectivity index (χ0n) is 17.9. The average molecular weight is 547 g/mol. The van der Waals surface area contributed by atoms with Gasteiger partial charge in [-0.1, -0.05) is 6.07 Å². The topological polar surface area (TPSA) is 53.0 Å². The number of halogens is 2. The highest BCUT2D eigenvalue weighted by atomic mass is 127. The Kier molecular flexibility index (Phi) is 10.1. The van der Waals surface area contributed by atoms with Gasteiger partial charge in [-0.25, -0.2) is 9.37 Å². The van der Waals surface area contributed by atoms with Gasteiger partial charge in [-0.2, -0.15) is 0 Å². The fourth-order valence-corrected chi connectivity index (χ4v) is 4.28. The number of aromatic nitrogens is 1. The lowest BCUT2D eigenvalue weighted by atomic mass is 10.2. The minimum Gasteiger partial charge on any atom is -0.494 e. The van der Waals surface area contributed by atoms with E-state index in [9.17, 15) is 4.39 Å². The van der Waals surface area contributed by atoms with Crippen LogP contribution in [0, 0.1) is 5.82 Å². The molecule has 0 bridgehead atoms. The van der Waals surface area contributed by atoms with Crippen LogP contribution in [0.4, 0.5) is 9.52 Å². The first-order valence-corrected chi connectivity index (χ1v) is 11.0. The van der Waals surface area contributed by atoms with E-state index in [0.717, 1.165) is 48.4 Å². The molecule has 1 fully saturated rings. The number of nitrogens with zero attached hydrogens (tertiary/aromatic N) is 4. The van der Waals surface area contributed by atoms with Crippen LogP contribution in [0.2, 0.25) is 0 Å². The molecule has 0 amide bonds. The van der Waals surface area contributed by atoms with Gasteiger partial charge in [0.2, 0.25) is 0 Å². The molecule has 1 aromatic heterocycles. The molecule has 0 aliphatic carbocycles. The third kappa shape index (κ3) is 6.69. The summed E-state index contributed by atoms with van der Waals surface area (Å²) in [7, 11) is 3.43. The summed E-state index contributed by atoms with van der Waals surface area (Å²) in [5.41, 5.74) is 1.96. The fraction of sp³-hybridized carbons (Fsp3) is 0.524. The van der Waals surface area contributed by atoms with Gasteiger partial charge in [0.05, 0.1) is 12.8 Å². The van der Waals surface area contributed by atoms with Crippen molar-refractivity contribution >= 4 is 46.4 Å². The Labute approximate surface area is 199 Å². The highest BCUT2D eigenvalue weighted by molar-refractivity contribution is 14.0. The summed E-state index contributed by atoms with van der Waals surface area (Å²) in [6.07, 6.45) is 3.33. The summed E-state index contributed by atoms with van der Waals surface area (Å²) in [6, 6.07) is 5.04. The number of rotatable bonds is 8. The van der Waals surface area contributed by atoms with Crippen LogP contribution in [0.3, 0.4) is 0 Å². The number of methoxy groups -OCH3 is 1. The number of benzene rings is 1. The molecule has 1 aliphatic rings. The summed E-state index contributed by atoms with van der Waals surface area (Å²) >= 11 is 1.72. The van der Waals surface area contributed by atoms with Gasteiger partial charge in [0.25, 0.3) is 0 Å². The summed E-state index contributed by atoms with van der Waals surface area (Å²) in [5.74, 6) is 0.713. The molecule has 6 nitrogen and oxygen atoms in total. The summed E-state index contributed by atoms with van der Waals surface area (Å²) in [4.78, 5) is 13.9. The van der Waals surface area contributed by atoms with E-state index in [4.69, 9.17) is 14.7 Å². The van der Waals surface area contributed by atoms with Crippen molar-refractivity contribution in [2.24, 2.45) is 4.99 Å². The van der Waals surface area contributed by atoms with Crippen LogP contribution in [0.5, 0.6) is 5.75 Å². The molecule has 0 saturated carbocycles. The maximum absolute atomic E-state index is 14.0. The van der Waals surface area contributed by atoms with Crippen LogP contribution in [0.25, 0.3) is 0 Å². The predicted octanol–water partition coefficient (Wildman–Crippen LogP) is 4.15. The predicted molar refractivity (Wildman–Crippen MR) is 133 cm³/mol. The second kappa shape index (κ2) is 12.3. The Morgan fingerprint density at radius 3 is 2.80 bits per heavy atom. The Morgan fingerprint density at radius 2 is 2.13 bits per heavy atom. The van der Waals surface area contributed by atoms with Gasteiger partial charge in [0, 0.05) is 51.6 Å². The summed E-state index contributed by atoms with van der Waals surface area (Å²) in [5, 5.41) is 6.58. The molecule has 1 N–H and O–H groups in total. The van der Waals surface area contributed by atoms with Gasteiger partial charge in [-0.05, 0) is 37.5 Å². The fourth-order valence-electron chi connectivity index (χ4n) is 3.37. The van der Waals surface area contributed by atoms with Gasteiger partial charge in [-0.15, -0.1) is 35.3 Å². The minimum absolute atomic E-state index is 0. The van der Waals surface area contributed by atoms with Crippen molar-refractivity contribution in [2.45, 2.75) is 32.7 Å². The molecule has 0 spiro atoms. The summed E-state index contributed by atoms with van der Waals surface area (Å²) < 4.78 is 18.9. The minimum atomic E-state index is -0.349. The maximum Gasteiger partial charge on any atom is 0.193 e. The van der Waals surface area contributed by atoms with E-state index in [2.05, 4.69) is 15.6 Å². The molecular formula is C21H31FIN5OS. The first-order chi connectivity index (χ1) is 14.1. The molecule has 0 unspecified atom stereocenters. The molecule has 1 saturated heterocycles. The number of anilines is 1. The summed E-state index contributed by atoms with van der Waals surface area (Å²) in [6.45, 7) is 6.27. The molecule has 0 atom stereocenters. The number of aliphatic imine (C=N–C) groups is 1. The first kappa shape index (κ1) is 24.6. The Morgan fingerprint density at radius 1 is 1.37 bits per heavy atom. The molecule has 3 rings (SSSR count). The average Bonchev–Trinajstić information content (AvgIpc) is 3.39. The zero-order valence-corrected chi connectivity index (χ0v) is 21.0. The Balaban J connectivity index is 0.00000320. The zero-order chi connectivity index (χ0) is 20.6. The van der Waals surface area contributed by atoms with Crippen LogP contribution in [-0.2, 0) is 13.0 Å². The van der Waals surface area contributed by atoms with Gasteiger partial charge < -0.3 is 19.9 Å². The van der Waals surface area contributed by atoms with Crippen molar-refractivity contribution in [3.8, 4) is 5.75 Å². The van der Waals surface area contributed by atoms with E-state index in [-0.39, 0.29) is 35.5 Å².